The van der Waals surface area contributed by atoms with Gasteiger partial charge in [-0.2, -0.15) is 0 Å². The molecule has 0 amide bonds. The maximum absolute atomic E-state index is 5.68. The summed E-state index contributed by atoms with van der Waals surface area (Å²) in [4.78, 5) is 2.58. The van der Waals surface area contributed by atoms with Crippen LogP contribution in [0.25, 0.3) is 0 Å². The first-order chi connectivity index (χ1) is 14.1. The van der Waals surface area contributed by atoms with Crippen molar-refractivity contribution in [3.63, 3.8) is 0 Å². The average molecular weight is 391 g/mol. The van der Waals surface area contributed by atoms with Gasteiger partial charge >= 0.3 is 0 Å². The van der Waals surface area contributed by atoms with Crippen LogP contribution in [0.2, 0.25) is 0 Å². The molecule has 0 N–H and O–H groups in total. The molecular weight excluding hydrogens is 360 g/mol. The molecule has 3 aromatic rings. The minimum absolute atomic E-state index is 0.221. The van der Waals surface area contributed by atoms with E-state index in [0.29, 0.717) is 0 Å². The quantitative estimate of drug-likeness (QED) is 0.605. The molecule has 1 aromatic heterocycles. The number of methoxy groups -OCH3 is 2. The molecule has 2 heterocycles. The number of hydrogen-bond donors (Lipinski definition) is 0. The molecule has 152 valence electrons. The summed E-state index contributed by atoms with van der Waals surface area (Å²) in [5.74, 6) is 1.70. The fourth-order valence-electron chi connectivity index (χ4n) is 4.33. The summed E-state index contributed by atoms with van der Waals surface area (Å²) in [6.45, 7) is 7.30. The number of fused-ring (bicyclic) bond motifs is 1. The molecule has 4 heteroatoms. The molecule has 1 aliphatic heterocycles. The van der Waals surface area contributed by atoms with E-state index in [1.54, 1.807) is 14.2 Å². The van der Waals surface area contributed by atoms with Crippen LogP contribution in [-0.2, 0) is 13.1 Å². The lowest BCUT2D eigenvalue weighted by atomic mass is 9.97. The Labute approximate surface area is 173 Å². The van der Waals surface area contributed by atoms with Crippen LogP contribution in [-0.4, -0.2) is 30.2 Å². The zero-order valence-corrected chi connectivity index (χ0v) is 17.8. The number of aryl methyl sites for hydroxylation is 3. The van der Waals surface area contributed by atoms with Crippen LogP contribution in [0, 0.1) is 13.8 Å². The van der Waals surface area contributed by atoms with Crippen LogP contribution in [0.4, 0.5) is 0 Å². The van der Waals surface area contributed by atoms with Crippen LogP contribution >= 0.6 is 0 Å². The van der Waals surface area contributed by atoms with E-state index in [-0.39, 0.29) is 6.04 Å². The SMILES string of the molecule is COc1ccc(CN2CCCn3cccc3C2c2ccc(C)c(C)c2)c(OC)c1. The lowest BCUT2D eigenvalue weighted by Gasteiger charge is -2.31. The molecule has 4 nitrogen and oxygen atoms in total. The molecule has 0 saturated heterocycles. The Bertz CT molecular complexity index is 992. The fraction of sp³-hybridized carbons (Fsp3) is 0.360. The second kappa shape index (κ2) is 8.34. The first kappa shape index (κ1) is 19.6. The maximum atomic E-state index is 5.68. The number of ether oxygens (including phenoxy) is 2. The molecule has 0 aliphatic carbocycles. The van der Waals surface area contributed by atoms with Gasteiger partial charge in [-0.1, -0.05) is 24.3 Å². The summed E-state index contributed by atoms with van der Waals surface area (Å²) >= 11 is 0. The minimum Gasteiger partial charge on any atom is -0.497 e. The van der Waals surface area contributed by atoms with Gasteiger partial charge in [0.1, 0.15) is 11.5 Å². The monoisotopic (exact) mass is 390 g/mol. The fourth-order valence-corrected chi connectivity index (χ4v) is 4.33. The van der Waals surface area contributed by atoms with Gasteiger partial charge in [0.25, 0.3) is 0 Å². The van der Waals surface area contributed by atoms with E-state index in [1.165, 1.54) is 27.9 Å². The third-order valence-electron chi connectivity index (χ3n) is 6.07. The van der Waals surface area contributed by atoms with Gasteiger partial charge in [-0.15, -0.1) is 0 Å². The molecule has 29 heavy (non-hydrogen) atoms. The third-order valence-corrected chi connectivity index (χ3v) is 6.07. The highest BCUT2D eigenvalue weighted by Crippen LogP contribution is 2.35. The predicted octanol–water partition coefficient (Wildman–Crippen LogP) is 5.12. The number of hydrogen-bond acceptors (Lipinski definition) is 3. The Kier molecular flexibility index (Phi) is 5.63. The molecule has 0 bridgehead atoms. The summed E-state index contributed by atoms with van der Waals surface area (Å²) in [6.07, 6.45) is 3.34. The molecule has 1 atom stereocenters. The van der Waals surface area contributed by atoms with Gasteiger partial charge in [0.15, 0.2) is 0 Å². The zero-order valence-electron chi connectivity index (χ0n) is 17.8. The van der Waals surface area contributed by atoms with Gasteiger partial charge in [0.2, 0.25) is 0 Å². The van der Waals surface area contributed by atoms with Gasteiger partial charge in [0.05, 0.1) is 20.3 Å². The number of aromatic nitrogens is 1. The van der Waals surface area contributed by atoms with Crippen LogP contribution in [0.5, 0.6) is 11.5 Å². The Hall–Kier alpha value is -2.72. The molecule has 0 saturated carbocycles. The highest BCUT2D eigenvalue weighted by Gasteiger charge is 2.28. The predicted molar refractivity (Wildman–Crippen MR) is 117 cm³/mol. The molecule has 1 aliphatic rings. The maximum Gasteiger partial charge on any atom is 0.127 e. The smallest absolute Gasteiger partial charge is 0.127 e. The van der Waals surface area contributed by atoms with E-state index in [1.807, 2.05) is 12.1 Å². The van der Waals surface area contributed by atoms with Gasteiger partial charge < -0.3 is 14.0 Å². The molecule has 4 rings (SSSR count). The van der Waals surface area contributed by atoms with Crippen molar-refractivity contribution in [2.45, 2.75) is 39.4 Å². The molecule has 2 aromatic carbocycles. The van der Waals surface area contributed by atoms with Crippen LogP contribution in [0.3, 0.4) is 0 Å². The Morgan fingerprint density at radius 2 is 1.79 bits per heavy atom. The molecule has 1 unspecified atom stereocenters. The Morgan fingerprint density at radius 1 is 0.931 bits per heavy atom. The van der Waals surface area contributed by atoms with E-state index < -0.39 is 0 Å². The Morgan fingerprint density at radius 3 is 2.55 bits per heavy atom. The van der Waals surface area contributed by atoms with E-state index in [4.69, 9.17) is 9.47 Å². The number of benzene rings is 2. The van der Waals surface area contributed by atoms with Gasteiger partial charge in [-0.05, 0) is 55.2 Å². The third kappa shape index (κ3) is 3.90. The summed E-state index contributed by atoms with van der Waals surface area (Å²) in [7, 11) is 3.42. The summed E-state index contributed by atoms with van der Waals surface area (Å²) < 4.78 is 13.5. The Balaban J connectivity index is 1.75. The van der Waals surface area contributed by atoms with Crippen molar-refractivity contribution in [1.29, 1.82) is 0 Å². The van der Waals surface area contributed by atoms with Crippen molar-refractivity contribution in [3.8, 4) is 11.5 Å². The lowest BCUT2D eigenvalue weighted by Crippen LogP contribution is -2.29. The molecule has 0 radical (unpaired) electrons. The summed E-state index contributed by atoms with van der Waals surface area (Å²) in [6, 6.07) is 17.6. The van der Waals surface area contributed by atoms with Gasteiger partial charge in [-0.25, -0.2) is 0 Å². The van der Waals surface area contributed by atoms with E-state index >= 15 is 0 Å². The van der Waals surface area contributed by atoms with Crippen molar-refractivity contribution < 1.29 is 9.47 Å². The standard InChI is InChI=1S/C25H30N2O2/c1-18-8-9-20(15-19(18)2)25-23-7-5-12-26(23)13-6-14-27(25)17-21-10-11-22(28-3)16-24(21)29-4/h5,7-12,15-16,25H,6,13-14,17H2,1-4H3. The second-order valence-electron chi connectivity index (χ2n) is 7.87. The van der Waals surface area contributed by atoms with Crippen molar-refractivity contribution >= 4 is 0 Å². The minimum atomic E-state index is 0.221. The first-order valence-electron chi connectivity index (χ1n) is 10.3. The average Bonchev–Trinajstić information content (AvgIpc) is 3.12. The zero-order chi connectivity index (χ0) is 20.4. The lowest BCUT2D eigenvalue weighted by molar-refractivity contribution is 0.217. The summed E-state index contributed by atoms with van der Waals surface area (Å²) in [5, 5.41) is 0. The molecular formula is C25H30N2O2. The number of rotatable bonds is 5. The largest absolute Gasteiger partial charge is 0.497 e. The highest BCUT2D eigenvalue weighted by atomic mass is 16.5. The molecule has 0 spiro atoms. The van der Waals surface area contributed by atoms with E-state index in [9.17, 15) is 0 Å². The molecule has 0 fully saturated rings. The van der Waals surface area contributed by atoms with Crippen molar-refractivity contribution in [2.24, 2.45) is 0 Å². The summed E-state index contributed by atoms with van der Waals surface area (Å²) in [5.41, 5.74) is 6.57. The van der Waals surface area contributed by atoms with Gasteiger partial charge in [0, 0.05) is 43.2 Å². The van der Waals surface area contributed by atoms with E-state index in [2.05, 4.69) is 65.9 Å². The highest BCUT2D eigenvalue weighted by molar-refractivity contribution is 5.41. The van der Waals surface area contributed by atoms with Crippen molar-refractivity contribution in [2.75, 3.05) is 20.8 Å². The van der Waals surface area contributed by atoms with Crippen molar-refractivity contribution in [1.82, 2.24) is 9.47 Å². The topological polar surface area (TPSA) is 26.6 Å². The van der Waals surface area contributed by atoms with Crippen molar-refractivity contribution in [3.05, 3.63) is 82.7 Å². The van der Waals surface area contributed by atoms with E-state index in [0.717, 1.165) is 37.6 Å². The second-order valence-corrected chi connectivity index (χ2v) is 7.87. The van der Waals surface area contributed by atoms with Crippen LogP contribution < -0.4 is 9.47 Å². The van der Waals surface area contributed by atoms with Gasteiger partial charge in [-0.3, -0.25) is 4.90 Å². The van der Waals surface area contributed by atoms with Crippen LogP contribution in [0.1, 0.15) is 40.4 Å². The normalized spacial score (nSPS) is 16.9. The first-order valence-corrected chi connectivity index (χ1v) is 10.3. The number of nitrogens with zero attached hydrogens (tertiary/aromatic N) is 2. The van der Waals surface area contributed by atoms with Crippen LogP contribution in [0.15, 0.2) is 54.7 Å².